The summed E-state index contributed by atoms with van der Waals surface area (Å²) in [5.41, 5.74) is 5.93. The summed E-state index contributed by atoms with van der Waals surface area (Å²) in [6.07, 6.45) is 4.99. The van der Waals surface area contributed by atoms with Gasteiger partial charge in [0.05, 0.1) is 12.1 Å². The monoisotopic (exact) mass is 324 g/mol. The van der Waals surface area contributed by atoms with Crippen molar-refractivity contribution in [2.75, 3.05) is 31.7 Å². The lowest BCUT2D eigenvalue weighted by Crippen LogP contribution is -2.48. The molecule has 6 heteroatoms. The number of ether oxygens (including phenoxy) is 1. The molecule has 4 nitrogen and oxygen atoms in total. The molecule has 0 bridgehead atoms. The number of hydrogen-bond donors (Lipinski definition) is 1. The molecule has 1 aliphatic heterocycles. The molecule has 1 atom stereocenters. The van der Waals surface area contributed by atoms with Crippen LogP contribution >= 0.6 is 24.2 Å². The molecule has 0 aliphatic carbocycles. The number of rotatable bonds is 7. The second-order valence-electron chi connectivity index (χ2n) is 5.64. The van der Waals surface area contributed by atoms with E-state index in [-0.39, 0.29) is 24.4 Å². The van der Waals surface area contributed by atoms with E-state index in [1.165, 1.54) is 0 Å². The maximum Gasteiger partial charge on any atom is 0.239 e. The highest BCUT2D eigenvalue weighted by Crippen LogP contribution is 2.16. The molecular formula is C14H29ClN2O2S. The van der Waals surface area contributed by atoms with Gasteiger partial charge in [-0.3, -0.25) is 4.79 Å². The summed E-state index contributed by atoms with van der Waals surface area (Å²) in [6, 6.07) is -0.333. The zero-order chi connectivity index (χ0) is 14.3. The van der Waals surface area contributed by atoms with E-state index >= 15 is 0 Å². The summed E-state index contributed by atoms with van der Waals surface area (Å²) in [5, 5.41) is 0. The van der Waals surface area contributed by atoms with Crippen molar-refractivity contribution in [3.05, 3.63) is 0 Å². The van der Waals surface area contributed by atoms with Gasteiger partial charge in [0.1, 0.15) is 0 Å². The van der Waals surface area contributed by atoms with Crippen molar-refractivity contribution in [3.8, 4) is 0 Å². The Morgan fingerprint density at radius 2 is 2.00 bits per heavy atom. The summed E-state index contributed by atoms with van der Waals surface area (Å²) >= 11 is 1.73. The van der Waals surface area contributed by atoms with E-state index < -0.39 is 0 Å². The number of carbonyl (C=O) groups excluding carboxylic acids is 1. The van der Waals surface area contributed by atoms with Gasteiger partial charge in [-0.15, -0.1) is 12.4 Å². The van der Waals surface area contributed by atoms with Crippen LogP contribution in [0.5, 0.6) is 0 Å². The highest BCUT2D eigenvalue weighted by Gasteiger charge is 2.26. The summed E-state index contributed by atoms with van der Waals surface area (Å²) < 4.78 is 5.83. The van der Waals surface area contributed by atoms with Gasteiger partial charge in [-0.2, -0.15) is 11.8 Å². The summed E-state index contributed by atoms with van der Waals surface area (Å²) in [7, 11) is 0. The van der Waals surface area contributed by atoms with Crippen molar-refractivity contribution in [2.45, 2.75) is 45.3 Å². The van der Waals surface area contributed by atoms with Crippen LogP contribution < -0.4 is 5.73 Å². The Morgan fingerprint density at radius 3 is 2.50 bits per heavy atom. The Balaban J connectivity index is 0.00000361. The fourth-order valence-electron chi connectivity index (χ4n) is 2.17. The predicted octanol–water partition coefficient (Wildman–Crippen LogP) is 2.15. The average molecular weight is 325 g/mol. The van der Waals surface area contributed by atoms with E-state index in [1.807, 2.05) is 11.2 Å². The van der Waals surface area contributed by atoms with Crippen molar-refractivity contribution in [1.29, 1.82) is 0 Å². The Labute approximate surface area is 133 Å². The topological polar surface area (TPSA) is 55.6 Å². The molecule has 1 rings (SSSR count). The zero-order valence-electron chi connectivity index (χ0n) is 12.8. The van der Waals surface area contributed by atoms with Crippen LogP contribution in [0.2, 0.25) is 0 Å². The molecule has 20 heavy (non-hydrogen) atoms. The molecule has 1 saturated heterocycles. The fraction of sp³-hybridized carbons (Fsp3) is 0.929. The van der Waals surface area contributed by atoms with Gasteiger partial charge in [0.25, 0.3) is 0 Å². The zero-order valence-corrected chi connectivity index (χ0v) is 14.5. The van der Waals surface area contributed by atoms with Gasteiger partial charge in [-0.1, -0.05) is 13.8 Å². The number of carbonyl (C=O) groups is 1. The van der Waals surface area contributed by atoms with E-state index in [1.54, 1.807) is 11.8 Å². The van der Waals surface area contributed by atoms with Gasteiger partial charge in [0.2, 0.25) is 5.91 Å². The first-order chi connectivity index (χ1) is 9.04. The van der Waals surface area contributed by atoms with Crippen LogP contribution in [0.15, 0.2) is 0 Å². The third-order valence-corrected chi connectivity index (χ3v) is 4.01. The number of likely N-dealkylation sites (tertiary alicyclic amines) is 1. The Morgan fingerprint density at radius 1 is 1.40 bits per heavy atom. The molecule has 1 aliphatic rings. The van der Waals surface area contributed by atoms with Crippen LogP contribution in [0.1, 0.15) is 33.1 Å². The van der Waals surface area contributed by atoms with E-state index in [9.17, 15) is 4.79 Å². The van der Waals surface area contributed by atoms with E-state index in [0.717, 1.165) is 44.7 Å². The summed E-state index contributed by atoms with van der Waals surface area (Å²) in [6.45, 7) is 6.70. The van der Waals surface area contributed by atoms with E-state index in [2.05, 4.69) is 13.8 Å². The fourth-order valence-corrected chi connectivity index (χ4v) is 2.66. The largest absolute Gasteiger partial charge is 0.378 e. The lowest BCUT2D eigenvalue weighted by Gasteiger charge is -2.33. The first kappa shape index (κ1) is 20.0. The molecule has 0 unspecified atom stereocenters. The molecule has 0 aromatic carbocycles. The molecular weight excluding hydrogens is 296 g/mol. The van der Waals surface area contributed by atoms with Crippen molar-refractivity contribution in [2.24, 2.45) is 11.7 Å². The van der Waals surface area contributed by atoms with Gasteiger partial charge < -0.3 is 15.4 Å². The van der Waals surface area contributed by atoms with Gasteiger partial charge in [-0.25, -0.2) is 0 Å². The van der Waals surface area contributed by atoms with Crippen molar-refractivity contribution >= 4 is 30.1 Å². The third-order valence-electron chi connectivity index (χ3n) is 3.37. The maximum atomic E-state index is 12.1. The minimum absolute atomic E-state index is 0. The molecule has 1 fully saturated rings. The second-order valence-corrected chi connectivity index (χ2v) is 6.63. The molecule has 120 valence electrons. The molecule has 0 aromatic rings. The normalized spacial score (nSPS) is 17.9. The summed E-state index contributed by atoms with van der Waals surface area (Å²) in [4.78, 5) is 14.0. The van der Waals surface area contributed by atoms with Gasteiger partial charge in [-0.05, 0) is 37.2 Å². The number of hydrogen-bond acceptors (Lipinski definition) is 4. The SMILES string of the molecule is CSCC[C@H](N)C(=O)N1CCC(OCC(C)C)CC1.Cl. The Kier molecular flexibility index (Phi) is 10.7. The average Bonchev–Trinajstić information content (AvgIpc) is 2.42. The molecule has 0 radical (unpaired) electrons. The minimum atomic E-state index is -0.333. The van der Waals surface area contributed by atoms with E-state index in [4.69, 9.17) is 10.5 Å². The Bertz CT molecular complexity index is 272. The van der Waals surface area contributed by atoms with Crippen LogP contribution in [0.3, 0.4) is 0 Å². The van der Waals surface area contributed by atoms with Crippen molar-refractivity contribution in [1.82, 2.24) is 4.90 Å². The molecule has 0 saturated carbocycles. The van der Waals surface area contributed by atoms with Gasteiger partial charge in [0, 0.05) is 19.7 Å². The standard InChI is InChI=1S/C14H28N2O2S.ClH/c1-11(2)10-18-12-4-7-16(8-5-12)14(17)13(15)6-9-19-3;/h11-13H,4-10,15H2,1-3H3;1H/t13-;/m0./s1. The van der Waals surface area contributed by atoms with Crippen LogP contribution in [0.4, 0.5) is 0 Å². The first-order valence-corrected chi connectivity index (χ1v) is 8.59. The lowest BCUT2D eigenvalue weighted by atomic mass is 10.1. The molecule has 1 amide bonds. The molecule has 0 spiro atoms. The lowest BCUT2D eigenvalue weighted by molar-refractivity contribution is -0.135. The quantitative estimate of drug-likeness (QED) is 0.779. The van der Waals surface area contributed by atoms with Crippen LogP contribution in [-0.4, -0.2) is 54.7 Å². The number of nitrogens with two attached hydrogens (primary N) is 1. The molecule has 1 heterocycles. The second kappa shape index (κ2) is 10.7. The number of thioether (sulfide) groups is 1. The Hall–Kier alpha value is 0.0300. The molecule has 0 aromatic heterocycles. The molecule has 2 N–H and O–H groups in total. The van der Waals surface area contributed by atoms with E-state index in [0.29, 0.717) is 12.0 Å². The summed E-state index contributed by atoms with van der Waals surface area (Å²) in [5.74, 6) is 1.62. The minimum Gasteiger partial charge on any atom is -0.378 e. The van der Waals surface area contributed by atoms with Crippen molar-refractivity contribution < 1.29 is 9.53 Å². The number of nitrogens with zero attached hydrogens (tertiary/aromatic N) is 1. The highest BCUT2D eigenvalue weighted by atomic mass is 35.5. The third kappa shape index (κ3) is 7.16. The highest BCUT2D eigenvalue weighted by molar-refractivity contribution is 7.98. The van der Waals surface area contributed by atoms with Crippen LogP contribution in [0.25, 0.3) is 0 Å². The first-order valence-electron chi connectivity index (χ1n) is 7.19. The number of piperidine rings is 1. The van der Waals surface area contributed by atoms with Gasteiger partial charge >= 0.3 is 0 Å². The van der Waals surface area contributed by atoms with Crippen LogP contribution in [-0.2, 0) is 9.53 Å². The number of halogens is 1. The van der Waals surface area contributed by atoms with Crippen molar-refractivity contribution in [3.63, 3.8) is 0 Å². The van der Waals surface area contributed by atoms with Crippen LogP contribution in [0, 0.1) is 5.92 Å². The predicted molar refractivity (Wildman–Crippen MR) is 88.6 cm³/mol. The number of amides is 1. The smallest absolute Gasteiger partial charge is 0.239 e. The van der Waals surface area contributed by atoms with Gasteiger partial charge in [0.15, 0.2) is 0 Å². The maximum absolute atomic E-state index is 12.1.